The quantitative estimate of drug-likeness (QED) is 0.745. The number of carbonyl (C=O) groups excluding carboxylic acids is 1. The first kappa shape index (κ1) is 15.2. The van der Waals surface area contributed by atoms with Crippen molar-refractivity contribution in [1.82, 2.24) is 10.6 Å². The number of anilines is 1. The largest absolute Gasteiger partial charge is 0.399 e. The van der Waals surface area contributed by atoms with Crippen molar-refractivity contribution >= 4 is 11.6 Å². The molecule has 0 spiro atoms. The molecule has 4 rings (SSSR count). The fraction of sp³-hybridized carbons (Fsp3) is 0.350. The second-order valence-electron chi connectivity index (χ2n) is 6.82. The Morgan fingerprint density at radius 2 is 2.00 bits per heavy atom. The van der Waals surface area contributed by atoms with Crippen LogP contribution in [-0.2, 0) is 24.2 Å². The minimum absolute atomic E-state index is 0.0965. The molecule has 124 valence electrons. The van der Waals surface area contributed by atoms with Crippen molar-refractivity contribution in [3.63, 3.8) is 0 Å². The van der Waals surface area contributed by atoms with Gasteiger partial charge in [-0.05, 0) is 60.1 Å². The number of nitrogens with two attached hydrogens (primary N) is 1. The summed E-state index contributed by atoms with van der Waals surface area (Å²) in [6, 6.07) is 14.4. The first-order chi connectivity index (χ1) is 11.7. The van der Waals surface area contributed by atoms with E-state index in [1.807, 2.05) is 18.2 Å². The second kappa shape index (κ2) is 6.29. The lowest BCUT2D eigenvalue weighted by atomic mass is 9.87. The highest BCUT2D eigenvalue weighted by atomic mass is 16.2. The van der Waals surface area contributed by atoms with Gasteiger partial charge < -0.3 is 16.4 Å². The minimum atomic E-state index is -0.171. The lowest BCUT2D eigenvalue weighted by Crippen LogP contribution is -2.48. The van der Waals surface area contributed by atoms with Gasteiger partial charge in [-0.1, -0.05) is 30.3 Å². The van der Waals surface area contributed by atoms with Gasteiger partial charge in [-0.15, -0.1) is 0 Å². The Bertz CT molecular complexity index is 771. The van der Waals surface area contributed by atoms with E-state index in [2.05, 4.69) is 34.9 Å². The summed E-state index contributed by atoms with van der Waals surface area (Å²) in [5.74, 6) is 0.0965. The zero-order valence-corrected chi connectivity index (χ0v) is 13.7. The van der Waals surface area contributed by atoms with Crippen LogP contribution in [-0.4, -0.2) is 11.9 Å². The van der Waals surface area contributed by atoms with Crippen molar-refractivity contribution in [3.05, 3.63) is 64.7 Å². The van der Waals surface area contributed by atoms with Crippen LogP contribution in [0.5, 0.6) is 0 Å². The molecule has 0 bridgehead atoms. The predicted octanol–water partition coefficient (Wildman–Crippen LogP) is 2.48. The third-order valence-electron chi connectivity index (χ3n) is 5.20. The second-order valence-corrected chi connectivity index (χ2v) is 6.82. The van der Waals surface area contributed by atoms with Gasteiger partial charge in [0.15, 0.2) is 0 Å². The van der Waals surface area contributed by atoms with E-state index in [4.69, 9.17) is 5.73 Å². The van der Waals surface area contributed by atoms with E-state index in [0.29, 0.717) is 6.54 Å². The molecule has 24 heavy (non-hydrogen) atoms. The molecular formula is C20H23N3O. The van der Waals surface area contributed by atoms with Crippen LogP contribution in [0.3, 0.4) is 0 Å². The number of aryl methyl sites for hydroxylation is 1. The normalized spacial score (nSPS) is 22.3. The summed E-state index contributed by atoms with van der Waals surface area (Å²) >= 11 is 0. The average molecular weight is 321 g/mol. The molecule has 2 aliphatic rings. The standard InChI is InChI=1S/C20H23N3O/c21-16-9-8-14-11-19(22-12-15(14)10-16)20(24)23-18-7-3-5-13-4-1-2-6-17(13)18/h1-2,4,6,8-10,18-19,22H,3,5,7,11-12,21H2,(H,23,24). The molecule has 2 unspecified atom stereocenters. The molecule has 0 saturated carbocycles. The molecule has 2 aromatic rings. The Hall–Kier alpha value is -2.33. The summed E-state index contributed by atoms with van der Waals surface area (Å²) in [7, 11) is 0. The maximum absolute atomic E-state index is 12.8. The van der Waals surface area contributed by atoms with Crippen LogP contribution < -0.4 is 16.4 Å². The molecule has 0 aromatic heterocycles. The molecule has 1 amide bonds. The molecule has 1 aliphatic carbocycles. The van der Waals surface area contributed by atoms with Crippen molar-refractivity contribution in [1.29, 1.82) is 0 Å². The molecule has 1 heterocycles. The van der Waals surface area contributed by atoms with Crippen LogP contribution in [0.4, 0.5) is 5.69 Å². The van der Waals surface area contributed by atoms with Crippen molar-refractivity contribution in [3.8, 4) is 0 Å². The van der Waals surface area contributed by atoms with E-state index < -0.39 is 0 Å². The number of carbonyl (C=O) groups is 1. The fourth-order valence-corrected chi connectivity index (χ4v) is 3.90. The van der Waals surface area contributed by atoms with Gasteiger partial charge in [0.2, 0.25) is 5.91 Å². The smallest absolute Gasteiger partial charge is 0.237 e. The van der Waals surface area contributed by atoms with Crippen LogP contribution >= 0.6 is 0 Å². The molecular weight excluding hydrogens is 298 g/mol. The highest BCUT2D eigenvalue weighted by Gasteiger charge is 2.28. The van der Waals surface area contributed by atoms with Crippen LogP contribution in [0.15, 0.2) is 42.5 Å². The molecule has 4 nitrogen and oxygen atoms in total. The Morgan fingerprint density at radius 1 is 1.12 bits per heavy atom. The first-order valence-electron chi connectivity index (χ1n) is 8.69. The fourth-order valence-electron chi connectivity index (χ4n) is 3.90. The third-order valence-corrected chi connectivity index (χ3v) is 5.20. The first-order valence-corrected chi connectivity index (χ1v) is 8.69. The monoisotopic (exact) mass is 321 g/mol. The van der Waals surface area contributed by atoms with Crippen LogP contribution in [0, 0.1) is 0 Å². The van der Waals surface area contributed by atoms with Crippen molar-refractivity contribution in [2.75, 3.05) is 5.73 Å². The number of rotatable bonds is 2. The van der Waals surface area contributed by atoms with Crippen molar-refractivity contribution in [2.45, 2.75) is 44.3 Å². The van der Waals surface area contributed by atoms with Gasteiger partial charge in [0.1, 0.15) is 0 Å². The molecule has 4 N–H and O–H groups in total. The van der Waals surface area contributed by atoms with E-state index >= 15 is 0 Å². The SMILES string of the molecule is Nc1ccc2c(c1)CNC(C(=O)NC1CCCc3ccccc31)C2. The molecule has 1 aliphatic heterocycles. The number of hydrogen-bond acceptors (Lipinski definition) is 3. The maximum Gasteiger partial charge on any atom is 0.237 e. The Morgan fingerprint density at radius 3 is 2.92 bits per heavy atom. The molecule has 2 aromatic carbocycles. The summed E-state index contributed by atoms with van der Waals surface area (Å²) in [5.41, 5.74) is 11.7. The Labute approximate surface area is 142 Å². The topological polar surface area (TPSA) is 67.1 Å². The van der Waals surface area contributed by atoms with E-state index in [1.54, 1.807) is 0 Å². The number of benzene rings is 2. The summed E-state index contributed by atoms with van der Waals surface area (Å²) in [6.07, 6.45) is 3.97. The van der Waals surface area contributed by atoms with Gasteiger partial charge in [0.25, 0.3) is 0 Å². The van der Waals surface area contributed by atoms with E-state index in [9.17, 15) is 4.79 Å². The van der Waals surface area contributed by atoms with E-state index in [-0.39, 0.29) is 18.0 Å². The highest BCUT2D eigenvalue weighted by Crippen LogP contribution is 2.29. The maximum atomic E-state index is 12.8. The van der Waals surface area contributed by atoms with Gasteiger partial charge in [-0.3, -0.25) is 4.79 Å². The molecule has 4 heteroatoms. The summed E-state index contributed by atoms with van der Waals surface area (Å²) in [5, 5.41) is 6.61. The lowest BCUT2D eigenvalue weighted by molar-refractivity contribution is -0.124. The zero-order chi connectivity index (χ0) is 16.5. The predicted molar refractivity (Wildman–Crippen MR) is 95.4 cm³/mol. The Balaban J connectivity index is 1.47. The van der Waals surface area contributed by atoms with E-state index in [0.717, 1.165) is 31.4 Å². The number of nitrogen functional groups attached to an aromatic ring is 1. The number of hydrogen-bond donors (Lipinski definition) is 3. The van der Waals surface area contributed by atoms with Gasteiger partial charge in [0, 0.05) is 12.2 Å². The van der Waals surface area contributed by atoms with Crippen molar-refractivity contribution < 1.29 is 4.79 Å². The summed E-state index contributed by atoms with van der Waals surface area (Å²) in [4.78, 5) is 12.8. The molecule has 2 atom stereocenters. The summed E-state index contributed by atoms with van der Waals surface area (Å²) in [6.45, 7) is 0.694. The van der Waals surface area contributed by atoms with Crippen LogP contribution in [0.1, 0.15) is 41.1 Å². The number of amides is 1. The zero-order valence-electron chi connectivity index (χ0n) is 13.7. The Kier molecular flexibility index (Phi) is 3.98. The third kappa shape index (κ3) is 2.89. The van der Waals surface area contributed by atoms with Gasteiger partial charge in [-0.25, -0.2) is 0 Å². The van der Waals surface area contributed by atoms with Gasteiger partial charge in [-0.2, -0.15) is 0 Å². The van der Waals surface area contributed by atoms with Gasteiger partial charge >= 0.3 is 0 Å². The van der Waals surface area contributed by atoms with Crippen molar-refractivity contribution in [2.24, 2.45) is 0 Å². The lowest BCUT2D eigenvalue weighted by Gasteiger charge is -2.30. The summed E-state index contributed by atoms with van der Waals surface area (Å²) < 4.78 is 0. The van der Waals surface area contributed by atoms with Crippen LogP contribution in [0.2, 0.25) is 0 Å². The van der Waals surface area contributed by atoms with E-state index in [1.165, 1.54) is 22.3 Å². The molecule has 0 fully saturated rings. The van der Waals surface area contributed by atoms with Crippen LogP contribution in [0.25, 0.3) is 0 Å². The van der Waals surface area contributed by atoms with Gasteiger partial charge in [0.05, 0.1) is 12.1 Å². The number of fused-ring (bicyclic) bond motifs is 2. The minimum Gasteiger partial charge on any atom is -0.399 e. The molecule has 0 radical (unpaired) electrons. The average Bonchev–Trinajstić information content (AvgIpc) is 2.61. The number of nitrogens with one attached hydrogen (secondary N) is 2. The highest BCUT2D eigenvalue weighted by molar-refractivity contribution is 5.83. The molecule has 0 saturated heterocycles.